The topological polar surface area (TPSA) is 108 Å². The summed E-state index contributed by atoms with van der Waals surface area (Å²) in [5.74, 6) is -0.216. The summed E-state index contributed by atoms with van der Waals surface area (Å²) in [6.45, 7) is 8.86. The van der Waals surface area contributed by atoms with Gasteiger partial charge < -0.3 is 19.3 Å². The van der Waals surface area contributed by atoms with Gasteiger partial charge in [-0.1, -0.05) is 6.07 Å². The zero-order chi connectivity index (χ0) is 25.6. The summed E-state index contributed by atoms with van der Waals surface area (Å²) in [7, 11) is 0. The maximum Gasteiger partial charge on any atom is 0.410 e. The van der Waals surface area contributed by atoms with Gasteiger partial charge in [-0.3, -0.25) is 24.6 Å². The highest BCUT2D eigenvalue weighted by Gasteiger charge is 2.42. The molecule has 194 valence electrons. The van der Waals surface area contributed by atoms with E-state index >= 15 is 0 Å². The number of benzene rings is 1. The Labute approximate surface area is 210 Å². The standard InChI is InChI=1S/C26H34N4O6/c1-26(2,3)36-25(34)29-11-9-28(10-12-29)16-13-17(14-16)35-21-6-4-5-18-19(21)15-30(24(18)33)20-7-8-22(31)27-23(20)32/h4-6,16-17,20H,7-15H2,1-3H3,(H,27,31,32)/t16?,17?,20-/m1/s1. The van der Waals surface area contributed by atoms with Gasteiger partial charge in [0.25, 0.3) is 5.91 Å². The average molecular weight is 499 g/mol. The van der Waals surface area contributed by atoms with E-state index < -0.39 is 17.6 Å². The summed E-state index contributed by atoms with van der Waals surface area (Å²) in [5, 5.41) is 2.34. The number of nitrogens with zero attached hydrogens (tertiary/aromatic N) is 3. The van der Waals surface area contributed by atoms with Gasteiger partial charge in [0.2, 0.25) is 11.8 Å². The third-order valence-electron chi connectivity index (χ3n) is 7.39. The quantitative estimate of drug-likeness (QED) is 0.632. The zero-order valence-electron chi connectivity index (χ0n) is 21.1. The number of hydrogen-bond acceptors (Lipinski definition) is 7. The fraction of sp³-hybridized carbons (Fsp3) is 0.615. The number of amides is 4. The van der Waals surface area contributed by atoms with Crippen molar-refractivity contribution >= 4 is 23.8 Å². The van der Waals surface area contributed by atoms with Crippen molar-refractivity contribution in [3.05, 3.63) is 29.3 Å². The molecule has 0 bridgehead atoms. The number of nitrogens with one attached hydrogen (secondary N) is 1. The zero-order valence-corrected chi connectivity index (χ0v) is 21.1. The second-order valence-electron chi connectivity index (χ2n) is 11.1. The lowest BCUT2D eigenvalue weighted by molar-refractivity contribution is -0.136. The van der Waals surface area contributed by atoms with Crippen LogP contribution in [0.1, 0.15) is 62.4 Å². The first-order valence-electron chi connectivity index (χ1n) is 12.7. The molecule has 2 saturated heterocycles. The van der Waals surface area contributed by atoms with Crippen LogP contribution in [0.2, 0.25) is 0 Å². The number of carbonyl (C=O) groups is 4. The minimum absolute atomic E-state index is 0.0603. The van der Waals surface area contributed by atoms with Crippen LogP contribution >= 0.6 is 0 Å². The van der Waals surface area contributed by atoms with Gasteiger partial charge in [0.15, 0.2) is 0 Å². The Bertz CT molecular complexity index is 1070. The molecule has 1 aromatic carbocycles. The molecule has 1 N–H and O–H groups in total. The smallest absolute Gasteiger partial charge is 0.410 e. The van der Waals surface area contributed by atoms with Crippen LogP contribution in [-0.2, 0) is 20.9 Å². The molecule has 5 rings (SSSR count). The van der Waals surface area contributed by atoms with Gasteiger partial charge >= 0.3 is 6.09 Å². The largest absolute Gasteiger partial charge is 0.490 e. The Morgan fingerprint density at radius 1 is 1.06 bits per heavy atom. The molecule has 1 saturated carbocycles. The van der Waals surface area contributed by atoms with Crippen molar-refractivity contribution in [3.8, 4) is 5.75 Å². The molecule has 3 fully saturated rings. The third-order valence-corrected chi connectivity index (χ3v) is 7.39. The molecule has 1 aliphatic carbocycles. The van der Waals surface area contributed by atoms with E-state index in [1.54, 1.807) is 15.9 Å². The van der Waals surface area contributed by atoms with Gasteiger partial charge in [-0.2, -0.15) is 0 Å². The molecule has 0 unspecified atom stereocenters. The fourth-order valence-electron chi connectivity index (χ4n) is 5.38. The Kier molecular flexibility index (Phi) is 6.40. The van der Waals surface area contributed by atoms with Crippen LogP contribution in [0, 0.1) is 0 Å². The van der Waals surface area contributed by atoms with Crippen molar-refractivity contribution in [1.29, 1.82) is 0 Å². The second kappa shape index (κ2) is 9.38. The molecule has 10 heteroatoms. The minimum Gasteiger partial charge on any atom is -0.490 e. The molecule has 0 spiro atoms. The van der Waals surface area contributed by atoms with Crippen LogP contribution in [-0.4, -0.2) is 88.5 Å². The molecule has 0 radical (unpaired) electrons. The maximum atomic E-state index is 13.0. The molecule has 4 aliphatic rings. The second-order valence-corrected chi connectivity index (χ2v) is 11.1. The summed E-state index contributed by atoms with van der Waals surface area (Å²) >= 11 is 0. The van der Waals surface area contributed by atoms with E-state index in [4.69, 9.17) is 9.47 Å². The molecule has 1 aromatic rings. The number of fused-ring (bicyclic) bond motifs is 1. The van der Waals surface area contributed by atoms with E-state index in [2.05, 4.69) is 10.2 Å². The first-order valence-corrected chi connectivity index (χ1v) is 12.7. The molecular weight excluding hydrogens is 464 g/mol. The molecule has 36 heavy (non-hydrogen) atoms. The highest BCUT2D eigenvalue weighted by Crippen LogP contribution is 2.37. The van der Waals surface area contributed by atoms with Crippen molar-refractivity contribution in [1.82, 2.24) is 20.0 Å². The van der Waals surface area contributed by atoms with Crippen molar-refractivity contribution in [3.63, 3.8) is 0 Å². The van der Waals surface area contributed by atoms with Crippen molar-refractivity contribution < 1.29 is 28.7 Å². The van der Waals surface area contributed by atoms with Crippen LogP contribution < -0.4 is 10.1 Å². The van der Waals surface area contributed by atoms with Crippen LogP contribution in [0.5, 0.6) is 5.75 Å². The highest BCUT2D eigenvalue weighted by atomic mass is 16.6. The maximum absolute atomic E-state index is 13.0. The van der Waals surface area contributed by atoms with Gasteiger partial charge in [-0.15, -0.1) is 0 Å². The number of piperidine rings is 1. The summed E-state index contributed by atoms with van der Waals surface area (Å²) in [6, 6.07) is 5.24. The number of rotatable bonds is 4. The van der Waals surface area contributed by atoms with Gasteiger partial charge in [0, 0.05) is 62.6 Å². The van der Waals surface area contributed by atoms with E-state index in [1.807, 2.05) is 32.9 Å². The van der Waals surface area contributed by atoms with Crippen LogP contribution in [0.4, 0.5) is 4.79 Å². The Balaban J connectivity index is 1.14. The van der Waals surface area contributed by atoms with E-state index in [0.29, 0.717) is 43.4 Å². The number of imide groups is 1. The Morgan fingerprint density at radius 3 is 2.44 bits per heavy atom. The van der Waals surface area contributed by atoms with Crippen molar-refractivity contribution in [2.75, 3.05) is 26.2 Å². The van der Waals surface area contributed by atoms with Crippen molar-refractivity contribution in [2.45, 2.75) is 76.8 Å². The molecule has 10 nitrogen and oxygen atoms in total. The number of hydrogen-bond donors (Lipinski definition) is 1. The SMILES string of the molecule is CC(C)(C)OC(=O)N1CCN(C2CC(Oc3cccc4c3CN([C@@H]3CCC(=O)NC3=O)C4=O)C2)CC1. The highest BCUT2D eigenvalue weighted by molar-refractivity contribution is 6.05. The third kappa shape index (κ3) is 4.91. The lowest BCUT2D eigenvalue weighted by Gasteiger charge is -2.46. The Morgan fingerprint density at radius 2 is 1.78 bits per heavy atom. The predicted octanol–water partition coefficient (Wildman–Crippen LogP) is 1.91. The molecule has 1 atom stereocenters. The first kappa shape index (κ1) is 24.5. The number of piperazine rings is 1. The van der Waals surface area contributed by atoms with Gasteiger partial charge in [-0.25, -0.2) is 4.79 Å². The molecule has 0 aromatic heterocycles. The van der Waals surface area contributed by atoms with E-state index in [0.717, 1.165) is 31.5 Å². The summed E-state index contributed by atoms with van der Waals surface area (Å²) in [6.07, 6.45) is 2.16. The van der Waals surface area contributed by atoms with Crippen LogP contribution in [0.3, 0.4) is 0 Å². The lowest BCUT2D eigenvalue weighted by Crippen LogP contribution is -2.57. The predicted molar refractivity (Wildman–Crippen MR) is 129 cm³/mol. The minimum atomic E-state index is -0.636. The summed E-state index contributed by atoms with van der Waals surface area (Å²) in [4.78, 5) is 54.9. The average Bonchev–Trinajstić information content (AvgIpc) is 3.12. The van der Waals surface area contributed by atoms with Gasteiger partial charge in [0.05, 0.1) is 6.54 Å². The van der Waals surface area contributed by atoms with E-state index in [1.165, 1.54) is 0 Å². The molecular formula is C26H34N4O6. The summed E-state index contributed by atoms with van der Waals surface area (Å²) < 4.78 is 11.8. The molecule has 3 heterocycles. The van der Waals surface area contributed by atoms with E-state index in [9.17, 15) is 19.2 Å². The van der Waals surface area contributed by atoms with Crippen LogP contribution in [0.15, 0.2) is 18.2 Å². The lowest BCUT2D eigenvalue weighted by atomic mass is 9.87. The number of carbonyl (C=O) groups excluding carboxylic acids is 4. The normalized spacial score (nSPS) is 26.9. The number of ether oxygens (including phenoxy) is 2. The Hall–Kier alpha value is -3.14. The summed E-state index contributed by atoms with van der Waals surface area (Å²) in [5.41, 5.74) is 0.876. The fourth-order valence-corrected chi connectivity index (χ4v) is 5.38. The van der Waals surface area contributed by atoms with Crippen molar-refractivity contribution in [2.24, 2.45) is 0 Å². The van der Waals surface area contributed by atoms with Gasteiger partial charge in [-0.05, 0) is 39.3 Å². The van der Waals surface area contributed by atoms with Crippen LogP contribution in [0.25, 0.3) is 0 Å². The van der Waals surface area contributed by atoms with E-state index in [-0.39, 0.29) is 30.4 Å². The molecule has 3 aliphatic heterocycles. The van der Waals surface area contributed by atoms with Gasteiger partial charge in [0.1, 0.15) is 23.5 Å². The molecule has 4 amide bonds. The first-order chi connectivity index (χ1) is 17.1. The monoisotopic (exact) mass is 498 g/mol.